The minimum atomic E-state index is -1.25. The predicted molar refractivity (Wildman–Crippen MR) is 142 cm³/mol. The van der Waals surface area contributed by atoms with E-state index in [4.69, 9.17) is 35.9 Å². The molecule has 13 heteroatoms. The summed E-state index contributed by atoms with van der Waals surface area (Å²) in [6.45, 7) is 6.65. The number of esters is 4. The van der Waals surface area contributed by atoms with E-state index in [1.807, 2.05) is 0 Å². The summed E-state index contributed by atoms with van der Waals surface area (Å²) in [5.74, 6) is -2.61. The molecule has 2 aliphatic heterocycles. The highest BCUT2D eigenvalue weighted by molar-refractivity contribution is 7.80. The first-order valence-electron chi connectivity index (χ1n) is 13.7. The molecule has 39 heavy (non-hydrogen) atoms. The molecule has 1 aliphatic carbocycles. The van der Waals surface area contributed by atoms with Gasteiger partial charge >= 0.3 is 23.9 Å². The van der Waals surface area contributed by atoms with Gasteiger partial charge < -0.3 is 34.3 Å². The van der Waals surface area contributed by atoms with Gasteiger partial charge in [0.15, 0.2) is 29.7 Å². The SMILES string of the molecule is CC(=O)OC[C@H]1O[C@@H](NC(=S)N[C@H]2CCCC[C@@H]2N2CCCCC2)[C@H](OC(C)=O)[C@@H](OC(C)=O)[C@@H]1OC(C)=O. The van der Waals surface area contributed by atoms with Crippen LogP contribution in [0.1, 0.15) is 72.6 Å². The predicted octanol–water partition coefficient (Wildman–Crippen LogP) is 1.33. The number of thiocarbonyl (C=S) groups is 1. The van der Waals surface area contributed by atoms with Crippen molar-refractivity contribution < 1.29 is 42.9 Å². The summed E-state index contributed by atoms with van der Waals surface area (Å²) in [5, 5.41) is 6.78. The first kappa shape index (κ1) is 31.0. The molecular formula is C26H41N3O9S. The quantitative estimate of drug-likeness (QED) is 0.246. The Kier molecular flexibility index (Phi) is 11.7. The second-order valence-corrected chi connectivity index (χ2v) is 10.7. The molecule has 220 valence electrons. The lowest BCUT2D eigenvalue weighted by Crippen LogP contribution is -2.67. The van der Waals surface area contributed by atoms with Crippen LogP contribution in [0.3, 0.4) is 0 Å². The molecule has 0 aromatic heterocycles. The minimum Gasteiger partial charge on any atom is -0.463 e. The van der Waals surface area contributed by atoms with Gasteiger partial charge in [0.2, 0.25) is 0 Å². The van der Waals surface area contributed by atoms with Crippen molar-refractivity contribution in [3.63, 3.8) is 0 Å². The number of carbonyl (C=O) groups is 4. The largest absolute Gasteiger partial charge is 0.463 e. The van der Waals surface area contributed by atoms with Crippen molar-refractivity contribution >= 4 is 41.2 Å². The lowest BCUT2D eigenvalue weighted by atomic mass is 9.88. The number of nitrogens with one attached hydrogen (secondary N) is 2. The number of nitrogens with zero attached hydrogens (tertiary/aromatic N) is 1. The van der Waals surface area contributed by atoms with Gasteiger partial charge in [-0.25, -0.2) is 0 Å². The molecule has 2 heterocycles. The summed E-state index contributed by atoms with van der Waals surface area (Å²) < 4.78 is 27.7. The molecule has 3 rings (SSSR count). The Labute approximate surface area is 234 Å². The molecule has 0 amide bonds. The molecule has 0 spiro atoms. The number of rotatable bonds is 8. The standard InChI is InChI=1S/C26H41N3O9S/c1-15(30)34-14-21-22(35-16(2)31)23(36-17(3)32)24(37-18(4)33)25(38-21)28-26(39)27-19-10-6-7-11-20(19)29-12-8-5-9-13-29/h19-25H,5-14H2,1-4H3,(H2,27,28,39)/t19-,20-,21+,22+,23-,24+,25+/m0/s1. The van der Waals surface area contributed by atoms with Crippen LogP contribution in [0, 0.1) is 0 Å². The van der Waals surface area contributed by atoms with Crippen LogP contribution in [-0.2, 0) is 42.9 Å². The van der Waals surface area contributed by atoms with Gasteiger partial charge in [-0.05, 0) is 51.0 Å². The van der Waals surface area contributed by atoms with Crippen LogP contribution in [0.15, 0.2) is 0 Å². The molecule has 2 N–H and O–H groups in total. The van der Waals surface area contributed by atoms with Crippen molar-refractivity contribution in [2.24, 2.45) is 0 Å². The van der Waals surface area contributed by atoms with Crippen LogP contribution >= 0.6 is 12.2 Å². The number of likely N-dealkylation sites (tertiary alicyclic amines) is 1. The van der Waals surface area contributed by atoms with Gasteiger partial charge in [0.05, 0.1) is 0 Å². The van der Waals surface area contributed by atoms with Crippen molar-refractivity contribution in [1.29, 1.82) is 0 Å². The molecule has 2 saturated heterocycles. The van der Waals surface area contributed by atoms with Gasteiger partial charge in [0.1, 0.15) is 12.7 Å². The van der Waals surface area contributed by atoms with Crippen molar-refractivity contribution in [3.05, 3.63) is 0 Å². The topological polar surface area (TPSA) is 142 Å². The van der Waals surface area contributed by atoms with E-state index in [2.05, 4.69) is 15.5 Å². The second kappa shape index (κ2) is 14.8. The van der Waals surface area contributed by atoms with E-state index < -0.39 is 54.5 Å². The number of ether oxygens (including phenoxy) is 5. The molecule has 0 aromatic carbocycles. The van der Waals surface area contributed by atoms with E-state index >= 15 is 0 Å². The number of piperidine rings is 1. The lowest BCUT2D eigenvalue weighted by molar-refractivity contribution is -0.255. The summed E-state index contributed by atoms with van der Waals surface area (Å²) in [7, 11) is 0. The van der Waals surface area contributed by atoms with Gasteiger partial charge in [-0.3, -0.25) is 24.1 Å². The third-order valence-corrected chi connectivity index (χ3v) is 7.41. The zero-order valence-corrected chi connectivity index (χ0v) is 24.0. The average molecular weight is 572 g/mol. The van der Waals surface area contributed by atoms with Crippen LogP contribution in [0.2, 0.25) is 0 Å². The molecule has 0 bridgehead atoms. The maximum absolute atomic E-state index is 12.1. The minimum absolute atomic E-state index is 0.127. The number of hydrogen-bond acceptors (Lipinski definition) is 11. The third-order valence-electron chi connectivity index (χ3n) is 7.17. The fraction of sp³-hybridized carbons (Fsp3) is 0.808. The number of hydrogen-bond donors (Lipinski definition) is 2. The summed E-state index contributed by atoms with van der Waals surface area (Å²) in [5.41, 5.74) is 0. The van der Waals surface area contributed by atoms with E-state index in [0.717, 1.165) is 32.4 Å². The lowest BCUT2D eigenvalue weighted by Gasteiger charge is -2.45. The molecule has 0 radical (unpaired) electrons. The Bertz CT molecular complexity index is 898. The molecule has 3 fully saturated rings. The van der Waals surface area contributed by atoms with Crippen LogP contribution in [0.5, 0.6) is 0 Å². The van der Waals surface area contributed by atoms with Gasteiger partial charge in [-0.15, -0.1) is 0 Å². The van der Waals surface area contributed by atoms with Gasteiger partial charge in [0, 0.05) is 39.8 Å². The Hall–Kier alpha value is -2.51. The molecule has 0 unspecified atom stereocenters. The Morgan fingerprint density at radius 1 is 0.769 bits per heavy atom. The second-order valence-electron chi connectivity index (χ2n) is 10.3. The summed E-state index contributed by atoms with van der Waals surface area (Å²) >= 11 is 5.67. The first-order chi connectivity index (χ1) is 18.5. The monoisotopic (exact) mass is 571 g/mol. The van der Waals surface area contributed by atoms with Crippen LogP contribution in [0.25, 0.3) is 0 Å². The first-order valence-corrected chi connectivity index (χ1v) is 14.1. The molecule has 7 atom stereocenters. The van der Waals surface area contributed by atoms with E-state index in [1.165, 1.54) is 53.4 Å². The highest BCUT2D eigenvalue weighted by Gasteiger charge is 2.52. The highest BCUT2D eigenvalue weighted by atomic mass is 32.1. The van der Waals surface area contributed by atoms with Crippen molar-refractivity contribution in [2.75, 3.05) is 19.7 Å². The van der Waals surface area contributed by atoms with Crippen molar-refractivity contribution in [3.8, 4) is 0 Å². The van der Waals surface area contributed by atoms with Gasteiger partial charge in [-0.1, -0.05) is 19.3 Å². The van der Waals surface area contributed by atoms with E-state index in [9.17, 15) is 19.2 Å². The molecule has 1 saturated carbocycles. The normalized spacial score (nSPS) is 31.3. The highest BCUT2D eigenvalue weighted by Crippen LogP contribution is 2.29. The Morgan fingerprint density at radius 3 is 1.97 bits per heavy atom. The molecule has 0 aromatic rings. The van der Waals surface area contributed by atoms with Crippen molar-refractivity contribution in [2.45, 2.75) is 115 Å². The van der Waals surface area contributed by atoms with E-state index in [1.54, 1.807) is 0 Å². The Morgan fingerprint density at radius 2 is 1.36 bits per heavy atom. The maximum Gasteiger partial charge on any atom is 0.303 e. The van der Waals surface area contributed by atoms with Crippen LogP contribution in [-0.4, -0.2) is 96.3 Å². The summed E-state index contributed by atoms with van der Waals surface area (Å²) in [6, 6.07) is 0.483. The summed E-state index contributed by atoms with van der Waals surface area (Å²) in [6.07, 6.45) is 2.12. The smallest absolute Gasteiger partial charge is 0.303 e. The zero-order chi connectivity index (χ0) is 28.5. The van der Waals surface area contributed by atoms with Gasteiger partial charge in [0.25, 0.3) is 0 Å². The van der Waals surface area contributed by atoms with Crippen molar-refractivity contribution in [1.82, 2.24) is 15.5 Å². The maximum atomic E-state index is 12.1. The third kappa shape index (κ3) is 9.28. The van der Waals surface area contributed by atoms with E-state index in [-0.39, 0.29) is 17.8 Å². The fourth-order valence-electron chi connectivity index (χ4n) is 5.65. The van der Waals surface area contributed by atoms with Crippen LogP contribution < -0.4 is 10.6 Å². The fourth-order valence-corrected chi connectivity index (χ4v) is 5.92. The average Bonchev–Trinajstić information content (AvgIpc) is 2.86. The molecule has 12 nitrogen and oxygen atoms in total. The Balaban J connectivity index is 1.81. The van der Waals surface area contributed by atoms with Crippen LogP contribution in [0.4, 0.5) is 0 Å². The van der Waals surface area contributed by atoms with Gasteiger partial charge in [-0.2, -0.15) is 0 Å². The van der Waals surface area contributed by atoms with E-state index in [0.29, 0.717) is 6.04 Å². The zero-order valence-electron chi connectivity index (χ0n) is 23.1. The number of carbonyl (C=O) groups excluding carboxylic acids is 4. The molecule has 3 aliphatic rings. The molecular weight excluding hydrogens is 530 g/mol. The summed E-state index contributed by atoms with van der Waals surface area (Å²) in [4.78, 5) is 50.1.